The lowest BCUT2D eigenvalue weighted by atomic mass is 10.5. The number of hydrogen-bond donors (Lipinski definition) is 0. The summed E-state index contributed by atoms with van der Waals surface area (Å²) in [6.07, 6.45) is 0. The lowest BCUT2D eigenvalue weighted by Gasteiger charge is -1.81. The fraction of sp³-hybridized carbons (Fsp3) is 0.500. The van der Waals surface area contributed by atoms with Crippen molar-refractivity contribution in [1.82, 2.24) is 0 Å². The number of hydrogen-bond acceptors (Lipinski definition) is 3. The summed E-state index contributed by atoms with van der Waals surface area (Å²) in [7, 11) is 1.40. The van der Waals surface area contributed by atoms with Crippen LogP contribution in [0.2, 0.25) is 0 Å². The molecule has 38 valence electrons. The Balaban J connectivity index is 3.57. The molecule has 0 amide bonds. The predicted molar refractivity (Wildman–Crippen MR) is 25.7 cm³/mol. The van der Waals surface area contributed by atoms with E-state index >= 15 is 0 Å². The first kappa shape index (κ1) is 5.96. The lowest BCUT2D eigenvalue weighted by molar-refractivity contribution is 0.214. The molecule has 0 radical (unpaired) electrons. The van der Waals surface area contributed by atoms with E-state index in [9.17, 15) is 0 Å². The first-order chi connectivity index (χ1) is 3.31. The highest BCUT2D eigenvalue weighted by Crippen LogP contribution is 1.71. The molecular weight excluding hydrogens is 92.1 g/mol. The molecule has 3 heteroatoms. The average Bonchev–Trinajstić information content (AvgIpc) is 1.68. The number of nitriles is 1. The molecule has 0 aromatic carbocycles. The maximum absolute atomic E-state index is 8.01. The van der Waals surface area contributed by atoms with Gasteiger partial charge in [-0.1, -0.05) is 5.16 Å². The van der Waals surface area contributed by atoms with Crippen molar-refractivity contribution in [2.24, 2.45) is 5.16 Å². The molecule has 3 nitrogen and oxygen atoms in total. The summed E-state index contributed by atoms with van der Waals surface area (Å²) in [6, 6.07) is 1.79. The van der Waals surface area contributed by atoms with Gasteiger partial charge in [-0.25, -0.2) is 0 Å². The minimum Gasteiger partial charge on any atom is -0.398 e. The van der Waals surface area contributed by atoms with E-state index in [1.807, 2.05) is 0 Å². The monoisotopic (exact) mass is 98.0 g/mol. The minimum atomic E-state index is 0.336. The standard InChI is InChI=1S/C4H6N2O/c1-4(3-5)6-7-2/h1-2H3. The van der Waals surface area contributed by atoms with Gasteiger partial charge in [-0.3, -0.25) is 0 Å². The first-order valence-corrected chi connectivity index (χ1v) is 1.79. The SMILES string of the molecule is CON=C(C)C#N. The van der Waals surface area contributed by atoms with Crippen LogP contribution in [0, 0.1) is 11.3 Å². The minimum absolute atomic E-state index is 0.336. The van der Waals surface area contributed by atoms with E-state index in [-0.39, 0.29) is 0 Å². The quantitative estimate of drug-likeness (QED) is 0.354. The van der Waals surface area contributed by atoms with Crippen molar-refractivity contribution >= 4 is 5.71 Å². The van der Waals surface area contributed by atoms with Gasteiger partial charge in [-0.05, 0) is 6.92 Å². The van der Waals surface area contributed by atoms with Crippen LogP contribution in [0.25, 0.3) is 0 Å². The molecule has 0 aromatic heterocycles. The summed E-state index contributed by atoms with van der Waals surface area (Å²) < 4.78 is 0. The van der Waals surface area contributed by atoms with E-state index in [1.165, 1.54) is 7.11 Å². The third-order valence-electron chi connectivity index (χ3n) is 0.390. The third kappa shape index (κ3) is 2.77. The van der Waals surface area contributed by atoms with Crippen LogP contribution in [0.1, 0.15) is 6.92 Å². The zero-order valence-electron chi connectivity index (χ0n) is 4.30. The highest BCUT2D eigenvalue weighted by atomic mass is 16.6. The number of oxime groups is 1. The topological polar surface area (TPSA) is 45.4 Å². The highest BCUT2D eigenvalue weighted by Gasteiger charge is 1.79. The Morgan fingerprint density at radius 2 is 2.43 bits per heavy atom. The predicted octanol–water partition coefficient (Wildman–Crippen LogP) is 0.532. The second kappa shape index (κ2) is 3.16. The molecule has 0 bridgehead atoms. The second-order valence-corrected chi connectivity index (χ2v) is 0.971. The van der Waals surface area contributed by atoms with Gasteiger partial charge in [0.2, 0.25) is 0 Å². The van der Waals surface area contributed by atoms with Crippen molar-refractivity contribution < 1.29 is 4.84 Å². The number of rotatable bonds is 1. The van der Waals surface area contributed by atoms with Gasteiger partial charge in [0.05, 0.1) is 0 Å². The maximum atomic E-state index is 8.01. The lowest BCUT2D eigenvalue weighted by Crippen LogP contribution is -1.83. The Morgan fingerprint density at radius 3 is 2.57 bits per heavy atom. The molecule has 0 saturated heterocycles. The Hall–Kier alpha value is -1.04. The molecule has 7 heavy (non-hydrogen) atoms. The second-order valence-electron chi connectivity index (χ2n) is 0.971. The van der Waals surface area contributed by atoms with Crippen LogP contribution < -0.4 is 0 Å². The highest BCUT2D eigenvalue weighted by molar-refractivity contribution is 5.95. The zero-order valence-corrected chi connectivity index (χ0v) is 4.30. The van der Waals surface area contributed by atoms with Crippen LogP contribution in [0.5, 0.6) is 0 Å². The summed E-state index contributed by atoms with van der Waals surface area (Å²) in [4.78, 5) is 4.26. The molecule has 0 unspecified atom stereocenters. The van der Waals surface area contributed by atoms with E-state index in [0.717, 1.165) is 0 Å². The van der Waals surface area contributed by atoms with Crippen LogP contribution in [-0.4, -0.2) is 12.8 Å². The Bertz CT molecular complexity index is 111. The third-order valence-corrected chi connectivity index (χ3v) is 0.390. The normalized spacial score (nSPS) is 10.1. The Morgan fingerprint density at radius 1 is 1.86 bits per heavy atom. The molecule has 0 spiro atoms. The van der Waals surface area contributed by atoms with Gasteiger partial charge in [0.25, 0.3) is 0 Å². The summed E-state index contributed by atoms with van der Waals surface area (Å²) in [6.45, 7) is 1.57. The van der Waals surface area contributed by atoms with Crippen molar-refractivity contribution in [3.63, 3.8) is 0 Å². The molecule has 0 saturated carbocycles. The molecule has 0 aliphatic heterocycles. The van der Waals surface area contributed by atoms with Crippen molar-refractivity contribution in [3.8, 4) is 6.07 Å². The fourth-order valence-electron chi connectivity index (χ4n) is 0.157. The van der Waals surface area contributed by atoms with E-state index in [1.54, 1.807) is 13.0 Å². The molecular formula is C4H6N2O. The van der Waals surface area contributed by atoms with Crippen molar-refractivity contribution in [3.05, 3.63) is 0 Å². The molecule has 0 heterocycles. The van der Waals surface area contributed by atoms with Gasteiger partial charge in [0.1, 0.15) is 13.2 Å². The molecule has 0 aliphatic rings. The van der Waals surface area contributed by atoms with Gasteiger partial charge >= 0.3 is 0 Å². The Labute approximate surface area is 42.2 Å². The van der Waals surface area contributed by atoms with Gasteiger partial charge in [-0.15, -0.1) is 0 Å². The summed E-state index contributed by atoms with van der Waals surface area (Å²) in [5.74, 6) is 0. The molecule has 0 aliphatic carbocycles. The average molecular weight is 98.1 g/mol. The first-order valence-electron chi connectivity index (χ1n) is 1.79. The van der Waals surface area contributed by atoms with Gasteiger partial charge in [0.15, 0.2) is 5.71 Å². The van der Waals surface area contributed by atoms with Crippen LogP contribution in [0.4, 0.5) is 0 Å². The van der Waals surface area contributed by atoms with Crippen LogP contribution in [0.3, 0.4) is 0 Å². The molecule has 0 N–H and O–H groups in total. The van der Waals surface area contributed by atoms with E-state index in [0.29, 0.717) is 5.71 Å². The molecule has 0 aromatic rings. The van der Waals surface area contributed by atoms with E-state index in [2.05, 4.69) is 9.99 Å². The van der Waals surface area contributed by atoms with Crippen molar-refractivity contribution in [2.45, 2.75) is 6.92 Å². The summed E-state index contributed by atoms with van der Waals surface area (Å²) in [5.41, 5.74) is 0.336. The van der Waals surface area contributed by atoms with E-state index in [4.69, 9.17) is 5.26 Å². The van der Waals surface area contributed by atoms with Crippen molar-refractivity contribution in [1.29, 1.82) is 5.26 Å². The van der Waals surface area contributed by atoms with Crippen LogP contribution >= 0.6 is 0 Å². The largest absolute Gasteiger partial charge is 0.398 e. The van der Waals surface area contributed by atoms with Crippen molar-refractivity contribution in [2.75, 3.05) is 7.11 Å². The van der Waals surface area contributed by atoms with Gasteiger partial charge < -0.3 is 4.84 Å². The molecule has 0 rings (SSSR count). The van der Waals surface area contributed by atoms with Gasteiger partial charge in [-0.2, -0.15) is 5.26 Å². The van der Waals surface area contributed by atoms with Crippen LogP contribution in [0.15, 0.2) is 5.16 Å². The number of nitrogens with zero attached hydrogens (tertiary/aromatic N) is 2. The fourth-order valence-corrected chi connectivity index (χ4v) is 0.157. The smallest absolute Gasteiger partial charge is 0.153 e. The molecule has 0 fully saturated rings. The van der Waals surface area contributed by atoms with Crippen LogP contribution in [-0.2, 0) is 4.84 Å². The van der Waals surface area contributed by atoms with Gasteiger partial charge in [0, 0.05) is 0 Å². The molecule has 0 atom stereocenters. The zero-order chi connectivity index (χ0) is 5.70. The maximum Gasteiger partial charge on any atom is 0.153 e. The van der Waals surface area contributed by atoms with E-state index < -0.39 is 0 Å². The summed E-state index contributed by atoms with van der Waals surface area (Å²) >= 11 is 0. The Kier molecular flexibility index (Phi) is 2.69. The summed E-state index contributed by atoms with van der Waals surface area (Å²) in [5, 5.41) is 11.3.